The summed E-state index contributed by atoms with van der Waals surface area (Å²) >= 11 is 0. The number of aryl methyl sites for hydroxylation is 1. The van der Waals surface area contributed by atoms with Gasteiger partial charge in [0.15, 0.2) is 0 Å². The van der Waals surface area contributed by atoms with Crippen molar-refractivity contribution in [1.29, 1.82) is 0 Å². The van der Waals surface area contributed by atoms with E-state index in [1.807, 2.05) is 12.1 Å². The van der Waals surface area contributed by atoms with Crippen LogP contribution in [0.2, 0.25) is 0 Å². The third-order valence-electron chi connectivity index (χ3n) is 4.73. The minimum atomic E-state index is 0.103. The van der Waals surface area contributed by atoms with Crippen molar-refractivity contribution in [2.75, 3.05) is 44.2 Å². The van der Waals surface area contributed by atoms with Crippen LogP contribution in [0.1, 0.15) is 11.1 Å². The summed E-state index contributed by atoms with van der Waals surface area (Å²) in [4.78, 5) is 16.9. The molecule has 1 amide bonds. The van der Waals surface area contributed by atoms with Gasteiger partial charge in [-0.1, -0.05) is 48.0 Å². The molecule has 132 valence electrons. The number of nitrogens with zero attached hydrogens (tertiary/aromatic N) is 2. The largest absolute Gasteiger partial charge is 0.369 e. The maximum Gasteiger partial charge on any atom is 0.224 e. The number of para-hydroxylation sites is 1. The van der Waals surface area contributed by atoms with Gasteiger partial charge in [0, 0.05) is 45.0 Å². The van der Waals surface area contributed by atoms with Gasteiger partial charge in [0.25, 0.3) is 0 Å². The standard InChI is InChI=1S/C21H27N3O/c1-18-7-9-19(10-8-18)17-21(25)22-11-12-23-13-15-24(16-14-23)20-5-3-2-4-6-20/h2-10H,11-17H2,1H3,(H,22,25). The summed E-state index contributed by atoms with van der Waals surface area (Å²) in [6, 6.07) is 18.7. The number of nitrogens with one attached hydrogen (secondary N) is 1. The van der Waals surface area contributed by atoms with Gasteiger partial charge < -0.3 is 10.2 Å². The van der Waals surface area contributed by atoms with Gasteiger partial charge in [-0.3, -0.25) is 9.69 Å². The number of anilines is 1. The number of carbonyl (C=O) groups is 1. The summed E-state index contributed by atoms with van der Waals surface area (Å²) in [6.07, 6.45) is 0.460. The highest BCUT2D eigenvalue weighted by atomic mass is 16.1. The lowest BCUT2D eigenvalue weighted by molar-refractivity contribution is -0.120. The van der Waals surface area contributed by atoms with Crippen LogP contribution in [-0.4, -0.2) is 50.1 Å². The molecule has 0 atom stereocenters. The van der Waals surface area contributed by atoms with Gasteiger partial charge in [0.2, 0.25) is 5.91 Å². The minimum Gasteiger partial charge on any atom is -0.369 e. The molecular formula is C21H27N3O. The Hall–Kier alpha value is -2.33. The second-order valence-corrected chi connectivity index (χ2v) is 6.68. The second-order valence-electron chi connectivity index (χ2n) is 6.68. The normalized spacial score (nSPS) is 15.2. The van der Waals surface area contributed by atoms with E-state index in [2.05, 4.69) is 64.5 Å². The van der Waals surface area contributed by atoms with Crippen LogP contribution in [0, 0.1) is 6.92 Å². The quantitative estimate of drug-likeness (QED) is 0.880. The predicted molar refractivity (Wildman–Crippen MR) is 103 cm³/mol. The lowest BCUT2D eigenvalue weighted by Gasteiger charge is -2.36. The van der Waals surface area contributed by atoms with Crippen molar-refractivity contribution < 1.29 is 4.79 Å². The minimum absolute atomic E-state index is 0.103. The lowest BCUT2D eigenvalue weighted by Crippen LogP contribution is -2.48. The Bertz CT molecular complexity index is 661. The smallest absolute Gasteiger partial charge is 0.224 e. The topological polar surface area (TPSA) is 35.6 Å². The molecule has 0 aliphatic carbocycles. The summed E-state index contributed by atoms with van der Waals surface area (Å²) in [5, 5.41) is 3.04. The van der Waals surface area contributed by atoms with Crippen molar-refractivity contribution >= 4 is 11.6 Å². The first-order valence-corrected chi connectivity index (χ1v) is 9.05. The van der Waals surface area contributed by atoms with Crippen LogP contribution in [0.4, 0.5) is 5.69 Å². The van der Waals surface area contributed by atoms with E-state index in [1.54, 1.807) is 0 Å². The van der Waals surface area contributed by atoms with Crippen LogP contribution >= 0.6 is 0 Å². The number of benzene rings is 2. The van der Waals surface area contributed by atoms with Crippen LogP contribution in [0.3, 0.4) is 0 Å². The molecule has 1 heterocycles. The van der Waals surface area contributed by atoms with Gasteiger partial charge in [-0.15, -0.1) is 0 Å². The van der Waals surface area contributed by atoms with Crippen LogP contribution in [0.5, 0.6) is 0 Å². The Morgan fingerprint density at radius 1 is 0.960 bits per heavy atom. The van der Waals surface area contributed by atoms with Crippen molar-refractivity contribution in [3.63, 3.8) is 0 Å². The number of amides is 1. The first kappa shape index (κ1) is 17.5. The molecule has 1 N–H and O–H groups in total. The molecule has 0 spiro atoms. The molecule has 1 aliphatic heterocycles. The van der Waals surface area contributed by atoms with Crippen molar-refractivity contribution in [1.82, 2.24) is 10.2 Å². The Morgan fingerprint density at radius 3 is 2.32 bits per heavy atom. The van der Waals surface area contributed by atoms with Crippen LogP contribution in [-0.2, 0) is 11.2 Å². The van der Waals surface area contributed by atoms with Gasteiger partial charge in [0.1, 0.15) is 0 Å². The highest BCUT2D eigenvalue weighted by Crippen LogP contribution is 2.15. The molecule has 0 radical (unpaired) electrons. The summed E-state index contributed by atoms with van der Waals surface area (Å²) in [7, 11) is 0. The maximum absolute atomic E-state index is 12.0. The van der Waals surface area contributed by atoms with Gasteiger partial charge in [-0.05, 0) is 24.6 Å². The summed E-state index contributed by atoms with van der Waals surface area (Å²) in [5.41, 5.74) is 3.59. The molecule has 0 saturated carbocycles. The SMILES string of the molecule is Cc1ccc(CC(=O)NCCN2CCN(c3ccccc3)CC2)cc1. The third-order valence-corrected chi connectivity index (χ3v) is 4.73. The molecule has 4 heteroatoms. The first-order chi connectivity index (χ1) is 12.2. The highest BCUT2D eigenvalue weighted by molar-refractivity contribution is 5.78. The van der Waals surface area contributed by atoms with Gasteiger partial charge in [0.05, 0.1) is 6.42 Å². The number of hydrogen-bond acceptors (Lipinski definition) is 3. The van der Waals surface area contributed by atoms with E-state index in [4.69, 9.17) is 0 Å². The number of rotatable bonds is 6. The summed E-state index contributed by atoms with van der Waals surface area (Å²) in [6.45, 7) is 7.87. The molecule has 4 nitrogen and oxygen atoms in total. The fourth-order valence-corrected chi connectivity index (χ4v) is 3.18. The van der Waals surface area contributed by atoms with E-state index in [0.717, 1.165) is 44.8 Å². The Balaban J connectivity index is 1.34. The predicted octanol–water partition coefficient (Wildman–Crippen LogP) is 2.48. The van der Waals surface area contributed by atoms with Gasteiger partial charge >= 0.3 is 0 Å². The molecule has 1 saturated heterocycles. The molecule has 3 rings (SSSR count). The maximum atomic E-state index is 12.0. The zero-order valence-electron chi connectivity index (χ0n) is 14.9. The molecule has 1 fully saturated rings. The molecule has 0 bridgehead atoms. The van der Waals surface area contributed by atoms with E-state index in [9.17, 15) is 4.79 Å². The van der Waals surface area contributed by atoms with E-state index in [0.29, 0.717) is 6.42 Å². The molecule has 1 aliphatic rings. The van der Waals surface area contributed by atoms with Gasteiger partial charge in [-0.2, -0.15) is 0 Å². The molecule has 0 aromatic heterocycles. The fourth-order valence-electron chi connectivity index (χ4n) is 3.18. The van der Waals surface area contributed by atoms with E-state index < -0.39 is 0 Å². The summed E-state index contributed by atoms with van der Waals surface area (Å²) in [5.74, 6) is 0.103. The van der Waals surface area contributed by atoms with Gasteiger partial charge in [-0.25, -0.2) is 0 Å². The second kappa shape index (κ2) is 8.67. The lowest BCUT2D eigenvalue weighted by atomic mass is 10.1. The van der Waals surface area contributed by atoms with E-state index in [1.165, 1.54) is 11.3 Å². The van der Waals surface area contributed by atoms with E-state index >= 15 is 0 Å². The van der Waals surface area contributed by atoms with Crippen LogP contribution in [0.15, 0.2) is 54.6 Å². The molecule has 2 aromatic rings. The fraction of sp³-hybridized carbons (Fsp3) is 0.381. The average Bonchev–Trinajstić information content (AvgIpc) is 2.65. The molecule has 0 unspecified atom stereocenters. The average molecular weight is 337 g/mol. The Kier molecular flexibility index (Phi) is 6.07. The van der Waals surface area contributed by atoms with Crippen LogP contribution in [0.25, 0.3) is 0 Å². The molecule has 25 heavy (non-hydrogen) atoms. The van der Waals surface area contributed by atoms with Crippen LogP contribution < -0.4 is 10.2 Å². The third kappa shape index (κ3) is 5.33. The Labute approximate surface area is 150 Å². The zero-order chi connectivity index (χ0) is 17.5. The Morgan fingerprint density at radius 2 is 1.64 bits per heavy atom. The highest BCUT2D eigenvalue weighted by Gasteiger charge is 2.16. The van der Waals surface area contributed by atoms with Crippen molar-refractivity contribution in [2.45, 2.75) is 13.3 Å². The summed E-state index contributed by atoms with van der Waals surface area (Å²) < 4.78 is 0. The number of carbonyl (C=O) groups excluding carboxylic acids is 1. The number of hydrogen-bond donors (Lipinski definition) is 1. The monoisotopic (exact) mass is 337 g/mol. The molecular weight excluding hydrogens is 310 g/mol. The van der Waals surface area contributed by atoms with E-state index in [-0.39, 0.29) is 5.91 Å². The van der Waals surface area contributed by atoms with Crippen molar-refractivity contribution in [2.24, 2.45) is 0 Å². The molecule has 2 aromatic carbocycles. The zero-order valence-corrected chi connectivity index (χ0v) is 14.9. The van der Waals surface area contributed by atoms with Crippen molar-refractivity contribution in [3.05, 3.63) is 65.7 Å². The first-order valence-electron chi connectivity index (χ1n) is 9.05. The number of piperazine rings is 1. The van der Waals surface area contributed by atoms with Crippen molar-refractivity contribution in [3.8, 4) is 0 Å².